The topological polar surface area (TPSA) is 3.24 Å². The summed E-state index contributed by atoms with van der Waals surface area (Å²) in [6, 6.07) is 10.3. The van der Waals surface area contributed by atoms with Gasteiger partial charge < -0.3 is 4.90 Å². The van der Waals surface area contributed by atoms with Gasteiger partial charge in [-0.15, -0.1) is 0 Å². The van der Waals surface area contributed by atoms with E-state index in [2.05, 4.69) is 44.7 Å². The molecule has 0 heterocycles. The molecule has 0 aliphatic carbocycles. The van der Waals surface area contributed by atoms with Gasteiger partial charge in [-0.2, -0.15) is 0 Å². The van der Waals surface area contributed by atoms with Gasteiger partial charge in [0.25, 0.3) is 0 Å². The van der Waals surface area contributed by atoms with E-state index >= 15 is 0 Å². The first-order valence-electron chi connectivity index (χ1n) is 6.08. The van der Waals surface area contributed by atoms with Crippen molar-refractivity contribution in [3.63, 3.8) is 0 Å². The van der Waals surface area contributed by atoms with Crippen molar-refractivity contribution in [2.45, 2.75) is 27.7 Å². The number of hydrogen-bond acceptors (Lipinski definition) is 2. The fourth-order valence-electron chi connectivity index (χ4n) is 1.23. The van der Waals surface area contributed by atoms with Crippen LogP contribution in [0.15, 0.2) is 30.3 Å². The molecule has 96 valence electrons. The molecule has 1 nitrogen and oxygen atoms in total. The first-order chi connectivity index (χ1) is 8.15. The summed E-state index contributed by atoms with van der Waals surface area (Å²) in [6.07, 6.45) is 0. The Balaban J connectivity index is 0.000000318. The van der Waals surface area contributed by atoms with E-state index < -0.39 is 0 Å². The molecule has 1 rings (SSSR count). The van der Waals surface area contributed by atoms with Crippen LogP contribution in [-0.4, -0.2) is 28.1 Å². The fraction of sp³-hybridized carbons (Fsp3) is 0.500. The number of thiocarbonyl (C=S) groups is 1. The molecular formula is C14H23NS2. The average Bonchev–Trinajstić information content (AvgIpc) is 2.33. The lowest BCUT2D eigenvalue weighted by Gasteiger charge is -2.20. The molecule has 0 saturated carbocycles. The first kappa shape index (κ1) is 16.5. The average molecular weight is 269 g/mol. The molecule has 0 unspecified atom stereocenters. The normalized spacial score (nSPS) is 9.18. The summed E-state index contributed by atoms with van der Waals surface area (Å²) >= 11 is 6.91. The van der Waals surface area contributed by atoms with Gasteiger partial charge in [-0.1, -0.05) is 66.8 Å². The zero-order valence-electron chi connectivity index (χ0n) is 11.3. The monoisotopic (exact) mass is 269 g/mol. The summed E-state index contributed by atoms with van der Waals surface area (Å²) in [7, 11) is 0. The third-order valence-corrected chi connectivity index (χ3v) is 3.64. The summed E-state index contributed by atoms with van der Waals surface area (Å²) in [4.78, 5) is 2.20. The maximum absolute atomic E-state index is 5.16. The van der Waals surface area contributed by atoms with Crippen LogP contribution in [0.25, 0.3) is 0 Å². The molecule has 17 heavy (non-hydrogen) atoms. The minimum absolute atomic E-state index is 1.03. The Kier molecular flexibility index (Phi) is 10.3. The van der Waals surface area contributed by atoms with Crippen LogP contribution in [0.3, 0.4) is 0 Å². The van der Waals surface area contributed by atoms with Gasteiger partial charge in [0.2, 0.25) is 0 Å². The lowest BCUT2D eigenvalue weighted by molar-refractivity contribution is 0.482. The van der Waals surface area contributed by atoms with E-state index in [1.165, 1.54) is 5.56 Å². The van der Waals surface area contributed by atoms with E-state index in [0.717, 1.165) is 23.2 Å². The summed E-state index contributed by atoms with van der Waals surface area (Å²) in [5.74, 6) is 1.08. The summed E-state index contributed by atoms with van der Waals surface area (Å²) in [6.45, 7) is 10.5. The van der Waals surface area contributed by atoms with Crippen LogP contribution >= 0.6 is 24.0 Å². The van der Waals surface area contributed by atoms with Crippen molar-refractivity contribution in [1.82, 2.24) is 4.90 Å². The van der Waals surface area contributed by atoms with Crippen molar-refractivity contribution in [3.8, 4) is 0 Å². The molecule has 0 aliphatic heterocycles. The Labute approximate surface area is 116 Å². The predicted molar refractivity (Wildman–Crippen MR) is 84.8 cm³/mol. The highest BCUT2D eigenvalue weighted by molar-refractivity contribution is 8.22. The molecule has 0 radical (unpaired) electrons. The Morgan fingerprint density at radius 3 is 1.94 bits per heavy atom. The zero-order chi connectivity index (χ0) is 13.1. The van der Waals surface area contributed by atoms with Gasteiger partial charge in [0.15, 0.2) is 0 Å². The third kappa shape index (κ3) is 8.22. The number of rotatable bonds is 3. The molecule has 0 aromatic heterocycles. The lowest BCUT2D eigenvalue weighted by atomic mass is 10.2. The molecular weight excluding hydrogens is 246 g/mol. The molecule has 0 saturated heterocycles. The van der Waals surface area contributed by atoms with E-state index in [-0.39, 0.29) is 0 Å². The van der Waals surface area contributed by atoms with Crippen molar-refractivity contribution in [3.05, 3.63) is 35.9 Å². The molecule has 0 spiro atoms. The van der Waals surface area contributed by atoms with E-state index in [0.29, 0.717) is 0 Å². The minimum atomic E-state index is 1.03. The highest BCUT2D eigenvalue weighted by atomic mass is 32.2. The maximum Gasteiger partial charge on any atom is 0.136 e. The van der Waals surface area contributed by atoms with E-state index in [1.54, 1.807) is 11.8 Å². The Morgan fingerprint density at radius 1 is 1.12 bits per heavy atom. The quantitative estimate of drug-likeness (QED) is 0.751. The van der Waals surface area contributed by atoms with Gasteiger partial charge in [0, 0.05) is 13.1 Å². The van der Waals surface area contributed by atoms with Crippen molar-refractivity contribution < 1.29 is 0 Å². The van der Waals surface area contributed by atoms with Crippen molar-refractivity contribution in [2.24, 2.45) is 0 Å². The molecule has 1 aromatic carbocycles. The maximum atomic E-state index is 5.16. The van der Waals surface area contributed by atoms with Crippen LogP contribution in [0.5, 0.6) is 0 Å². The van der Waals surface area contributed by atoms with Gasteiger partial charge in [-0.25, -0.2) is 0 Å². The van der Waals surface area contributed by atoms with E-state index in [9.17, 15) is 0 Å². The summed E-state index contributed by atoms with van der Waals surface area (Å²) in [5, 5.41) is 0. The number of nitrogens with zero attached hydrogens (tertiary/aromatic N) is 1. The molecule has 0 atom stereocenters. The van der Waals surface area contributed by atoms with Gasteiger partial charge >= 0.3 is 0 Å². The minimum Gasteiger partial charge on any atom is -0.358 e. The standard InChI is InChI=1S/C7H15NS2.C7H8/c1-4-8(5-2)7(9)10-6-3;1-7-5-3-2-4-6-7/h4-6H2,1-3H3;2-6H,1H3. The largest absolute Gasteiger partial charge is 0.358 e. The molecule has 0 fully saturated rings. The second-order valence-electron chi connectivity index (χ2n) is 3.53. The number of thioether (sulfide) groups is 1. The van der Waals surface area contributed by atoms with Gasteiger partial charge in [-0.05, 0) is 26.5 Å². The van der Waals surface area contributed by atoms with Gasteiger partial charge in [-0.3, -0.25) is 0 Å². The molecule has 1 aromatic rings. The third-order valence-electron chi connectivity index (χ3n) is 2.23. The second kappa shape index (κ2) is 10.6. The van der Waals surface area contributed by atoms with Crippen molar-refractivity contribution in [1.29, 1.82) is 0 Å². The second-order valence-corrected chi connectivity index (χ2v) is 5.42. The predicted octanol–water partition coefficient (Wildman–Crippen LogP) is 4.36. The van der Waals surface area contributed by atoms with E-state index in [1.807, 2.05) is 18.2 Å². The number of hydrogen-bond donors (Lipinski definition) is 0. The van der Waals surface area contributed by atoms with Crippen LogP contribution in [0.1, 0.15) is 26.3 Å². The molecule has 3 heteroatoms. The van der Waals surface area contributed by atoms with Crippen LogP contribution < -0.4 is 0 Å². The lowest BCUT2D eigenvalue weighted by Crippen LogP contribution is -2.26. The Morgan fingerprint density at radius 2 is 1.65 bits per heavy atom. The summed E-state index contributed by atoms with van der Waals surface area (Å²) in [5.41, 5.74) is 1.32. The van der Waals surface area contributed by atoms with Gasteiger partial charge in [0.05, 0.1) is 0 Å². The Bertz CT molecular complexity index is 294. The SMILES string of the molecule is CCSC(=S)N(CC)CC.Cc1ccccc1. The van der Waals surface area contributed by atoms with Crippen molar-refractivity contribution in [2.75, 3.05) is 18.8 Å². The number of aryl methyl sites for hydroxylation is 1. The summed E-state index contributed by atoms with van der Waals surface area (Å²) < 4.78 is 1.03. The van der Waals surface area contributed by atoms with Crippen molar-refractivity contribution >= 4 is 28.3 Å². The highest BCUT2D eigenvalue weighted by Crippen LogP contribution is 2.07. The molecule has 0 bridgehead atoms. The van der Waals surface area contributed by atoms with Crippen LogP contribution in [-0.2, 0) is 0 Å². The zero-order valence-corrected chi connectivity index (χ0v) is 12.9. The fourth-order valence-corrected chi connectivity index (χ4v) is 2.53. The van der Waals surface area contributed by atoms with E-state index in [4.69, 9.17) is 12.2 Å². The highest BCUT2D eigenvalue weighted by Gasteiger charge is 2.02. The van der Waals surface area contributed by atoms with Crippen LogP contribution in [0.2, 0.25) is 0 Å². The van der Waals surface area contributed by atoms with Gasteiger partial charge in [0.1, 0.15) is 4.32 Å². The number of benzene rings is 1. The molecule has 0 amide bonds. The molecule has 0 aliphatic rings. The first-order valence-corrected chi connectivity index (χ1v) is 7.48. The molecule has 0 N–H and O–H groups in total. The smallest absolute Gasteiger partial charge is 0.136 e. The van der Waals surface area contributed by atoms with Crippen LogP contribution in [0, 0.1) is 6.92 Å². The Hall–Kier alpha value is -0.540. The van der Waals surface area contributed by atoms with Crippen LogP contribution in [0.4, 0.5) is 0 Å².